The van der Waals surface area contributed by atoms with Gasteiger partial charge in [-0.3, -0.25) is 0 Å². The van der Waals surface area contributed by atoms with Crippen molar-refractivity contribution in [1.29, 1.82) is 0 Å². The van der Waals surface area contributed by atoms with Gasteiger partial charge in [-0.2, -0.15) is 13.2 Å². The molecule has 1 aromatic carbocycles. The fourth-order valence-corrected chi connectivity index (χ4v) is 2.98. The summed E-state index contributed by atoms with van der Waals surface area (Å²) in [4.78, 5) is 0. The number of morpholine rings is 1. The van der Waals surface area contributed by atoms with Gasteiger partial charge >= 0.3 is 6.18 Å². The average Bonchev–Trinajstić information content (AvgIpc) is 2.48. The van der Waals surface area contributed by atoms with Gasteiger partial charge in [-0.05, 0) is 17.5 Å². The molecule has 2 rings (SSSR count). The standard InChI is InChI=1S/C16H22F3NO/c1-3-11(4-2)14-9-20-10-15(21-14)12-7-5-6-8-13(12)16(17,18)19/h5-8,11,14-15,20H,3-4,9-10H2,1-2H3. The van der Waals surface area contributed by atoms with E-state index in [0.717, 1.165) is 18.9 Å². The number of benzene rings is 1. The zero-order valence-corrected chi connectivity index (χ0v) is 12.4. The molecular weight excluding hydrogens is 279 g/mol. The number of nitrogens with one attached hydrogen (secondary N) is 1. The van der Waals surface area contributed by atoms with Crippen molar-refractivity contribution >= 4 is 0 Å². The first-order valence-corrected chi connectivity index (χ1v) is 7.49. The summed E-state index contributed by atoms with van der Waals surface area (Å²) in [5.74, 6) is 0.373. The molecule has 1 aromatic rings. The fourth-order valence-electron chi connectivity index (χ4n) is 2.98. The molecule has 0 aliphatic carbocycles. The Labute approximate surface area is 123 Å². The van der Waals surface area contributed by atoms with Crippen molar-refractivity contribution in [3.05, 3.63) is 35.4 Å². The molecule has 1 saturated heterocycles. The van der Waals surface area contributed by atoms with E-state index < -0.39 is 17.8 Å². The van der Waals surface area contributed by atoms with Gasteiger partial charge in [0.1, 0.15) is 0 Å². The Hall–Kier alpha value is -1.07. The number of alkyl halides is 3. The first-order chi connectivity index (χ1) is 9.97. The van der Waals surface area contributed by atoms with E-state index in [-0.39, 0.29) is 11.7 Å². The average molecular weight is 301 g/mol. The summed E-state index contributed by atoms with van der Waals surface area (Å²) in [6.07, 6.45) is -2.98. The number of rotatable bonds is 4. The van der Waals surface area contributed by atoms with E-state index in [9.17, 15) is 13.2 Å². The van der Waals surface area contributed by atoms with Crippen LogP contribution in [0.2, 0.25) is 0 Å². The maximum atomic E-state index is 13.1. The van der Waals surface area contributed by atoms with Gasteiger partial charge < -0.3 is 10.1 Å². The van der Waals surface area contributed by atoms with E-state index in [1.165, 1.54) is 12.1 Å². The summed E-state index contributed by atoms with van der Waals surface area (Å²) >= 11 is 0. The molecule has 0 saturated carbocycles. The van der Waals surface area contributed by atoms with Crippen molar-refractivity contribution < 1.29 is 17.9 Å². The van der Waals surface area contributed by atoms with Crippen LogP contribution in [0.3, 0.4) is 0 Å². The quantitative estimate of drug-likeness (QED) is 0.901. The van der Waals surface area contributed by atoms with Crippen molar-refractivity contribution in [3.8, 4) is 0 Å². The zero-order chi connectivity index (χ0) is 15.5. The summed E-state index contributed by atoms with van der Waals surface area (Å²) in [7, 11) is 0. The van der Waals surface area contributed by atoms with Crippen molar-refractivity contribution in [2.45, 2.75) is 45.1 Å². The molecule has 0 aromatic heterocycles. The molecule has 0 radical (unpaired) electrons. The lowest BCUT2D eigenvalue weighted by atomic mass is 9.93. The lowest BCUT2D eigenvalue weighted by molar-refractivity contribution is -0.141. The molecule has 2 atom stereocenters. The van der Waals surface area contributed by atoms with E-state index in [2.05, 4.69) is 19.2 Å². The van der Waals surface area contributed by atoms with Gasteiger partial charge in [0.15, 0.2) is 0 Å². The van der Waals surface area contributed by atoms with Gasteiger partial charge in [0.2, 0.25) is 0 Å². The molecule has 0 spiro atoms. The van der Waals surface area contributed by atoms with Crippen LogP contribution >= 0.6 is 0 Å². The van der Waals surface area contributed by atoms with Crippen molar-refractivity contribution in [2.24, 2.45) is 5.92 Å². The normalized spacial score (nSPS) is 23.5. The molecule has 1 aliphatic heterocycles. The molecule has 0 bridgehead atoms. The topological polar surface area (TPSA) is 21.3 Å². The van der Waals surface area contributed by atoms with Gasteiger partial charge in [0.05, 0.1) is 17.8 Å². The third-order valence-corrected chi connectivity index (χ3v) is 4.20. The SMILES string of the molecule is CCC(CC)C1CNCC(c2ccccc2C(F)(F)F)O1. The first-order valence-electron chi connectivity index (χ1n) is 7.49. The summed E-state index contributed by atoms with van der Waals surface area (Å²) < 4.78 is 45.3. The highest BCUT2D eigenvalue weighted by atomic mass is 19.4. The van der Waals surface area contributed by atoms with Gasteiger partial charge in [-0.15, -0.1) is 0 Å². The highest BCUT2D eigenvalue weighted by Gasteiger charge is 2.37. The largest absolute Gasteiger partial charge is 0.416 e. The van der Waals surface area contributed by atoms with Gasteiger partial charge in [-0.25, -0.2) is 0 Å². The summed E-state index contributed by atoms with van der Waals surface area (Å²) in [5.41, 5.74) is -0.366. The molecule has 1 N–H and O–H groups in total. The molecule has 0 amide bonds. The van der Waals surface area contributed by atoms with Crippen LogP contribution in [0.1, 0.15) is 43.9 Å². The Bertz CT molecular complexity index is 457. The zero-order valence-electron chi connectivity index (χ0n) is 12.4. The van der Waals surface area contributed by atoms with Gasteiger partial charge in [-0.1, -0.05) is 44.9 Å². The minimum atomic E-state index is -4.35. The van der Waals surface area contributed by atoms with Crippen LogP contribution in [-0.2, 0) is 10.9 Å². The second kappa shape index (κ2) is 6.79. The van der Waals surface area contributed by atoms with Gasteiger partial charge in [0, 0.05) is 13.1 Å². The second-order valence-corrected chi connectivity index (χ2v) is 5.48. The number of hydrogen-bond acceptors (Lipinski definition) is 2. The third kappa shape index (κ3) is 3.77. The minimum absolute atomic E-state index is 0.0277. The highest BCUT2D eigenvalue weighted by Crippen LogP contribution is 2.37. The van der Waals surface area contributed by atoms with Crippen LogP contribution in [0.4, 0.5) is 13.2 Å². The maximum absolute atomic E-state index is 13.1. The van der Waals surface area contributed by atoms with Crippen LogP contribution < -0.4 is 5.32 Å². The molecule has 21 heavy (non-hydrogen) atoms. The van der Waals surface area contributed by atoms with Crippen LogP contribution in [0.15, 0.2) is 24.3 Å². The Morgan fingerprint density at radius 3 is 2.48 bits per heavy atom. The van der Waals surface area contributed by atoms with Crippen LogP contribution in [0.5, 0.6) is 0 Å². The lowest BCUT2D eigenvalue weighted by Gasteiger charge is -2.36. The van der Waals surface area contributed by atoms with Crippen molar-refractivity contribution in [3.63, 3.8) is 0 Å². The van der Waals surface area contributed by atoms with Crippen LogP contribution in [-0.4, -0.2) is 19.2 Å². The Morgan fingerprint density at radius 1 is 1.19 bits per heavy atom. The fraction of sp³-hybridized carbons (Fsp3) is 0.625. The van der Waals surface area contributed by atoms with E-state index in [0.29, 0.717) is 19.0 Å². The smallest absolute Gasteiger partial charge is 0.367 e. The lowest BCUT2D eigenvalue weighted by Crippen LogP contribution is -2.44. The second-order valence-electron chi connectivity index (χ2n) is 5.48. The number of hydrogen-bond donors (Lipinski definition) is 1. The molecular formula is C16H22F3NO. The summed E-state index contributed by atoms with van der Waals surface area (Å²) in [6, 6.07) is 5.69. The third-order valence-electron chi connectivity index (χ3n) is 4.20. The monoisotopic (exact) mass is 301 g/mol. The van der Waals surface area contributed by atoms with Crippen molar-refractivity contribution in [1.82, 2.24) is 5.32 Å². The minimum Gasteiger partial charge on any atom is -0.367 e. The van der Waals surface area contributed by atoms with E-state index in [4.69, 9.17) is 4.74 Å². The van der Waals surface area contributed by atoms with E-state index in [1.807, 2.05) is 0 Å². The summed E-state index contributed by atoms with van der Waals surface area (Å²) in [6.45, 7) is 5.30. The summed E-state index contributed by atoms with van der Waals surface area (Å²) in [5, 5.41) is 3.22. The molecule has 2 unspecified atom stereocenters. The van der Waals surface area contributed by atoms with Crippen LogP contribution in [0, 0.1) is 5.92 Å². The molecule has 5 heteroatoms. The van der Waals surface area contributed by atoms with E-state index in [1.54, 1.807) is 6.07 Å². The Morgan fingerprint density at radius 2 is 1.86 bits per heavy atom. The maximum Gasteiger partial charge on any atom is 0.416 e. The molecule has 118 valence electrons. The Balaban J connectivity index is 2.22. The van der Waals surface area contributed by atoms with Gasteiger partial charge in [0.25, 0.3) is 0 Å². The van der Waals surface area contributed by atoms with E-state index >= 15 is 0 Å². The van der Waals surface area contributed by atoms with Crippen LogP contribution in [0.25, 0.3) is 0 Å². The predicted octanol–water partition coefficient (Wildman–Crippen LogP) is 4.17. The molecule has 2 nitrogen and oxygen atoms in total. The molecule has 1 heterocycles. The highest BCUT2D eigenvalue weighted by molar-refractivity contribution is 5.32. The number of ether oxygens (including phenoxy) is 1. The molecule has 1 fully saturated rings. The Kier molecular flexibility index (Phi) is 5.27. The van der Waals surface area contributed by atoms with Crippen molar-refractivity contribution in [2.75, 3.05) is 13.1 Å². The predicted molar refractivity (Wildman–Crippen MR) is 76.0 cm³/mol. The number of halogens is 3. The molecule has 1 aliphatic rings. The first kappa shape index (κ1) is 16.3.